The lowest BCUT2D eigenvalue weighted by molar-refractivity contribution is -0.130. The van der Waals surface area contributed by atoms with Crippen molar-refractivity contribution in [2.45, 2.75) is 64.0 Å². The number of carbonyl (C=O) groups excluding carboxylic acids is 2. The number of carbonyl (C=O) groups is 2. The summed E-state index contributed by atoms with van der Waals surface area (Å²) in [6.45, 7) is 4.66. The Morgan fingerprint density at radius 3 is 2.50 bits per heavy atom. The largest absolute Gasteiger partial charge is 0.475 e. The maximum absolute atomic E-state index is 12.9. The molecule has 2 amide bonds. The SMILES string of the molecule is CC(C)C[C@@H](NC(=O)[C@H](CC1CC1)NC(=O)[C@@H]1CCN1c1cccc(Cl)c1)B(O)O. The van der Waals surface area contributed by atoms with Crippen LogP contribution in [0.2, 0.25) is 5.02 Å². The number of halogens is 1. The maximum atomic E-state index is 12.9. The van der Waals surface area contributed by atoms with Crippen LogP contribution in [0, 0.1) is 11.8 Å². The van der Waals surface area contributed by atoms with Gasteiger partial charge in [0.05, 0.1) is 5.94 Å². The van der Waals surface area contributed by atoms with E-state index >= 15 is 0 Å². The molecular formula is C21H31BClN3O4. The van der Waals surface area contributed by atoms with E-state index in [2.05, 4.69) is 10.6 Å². The predicted molar refractivity (Wildman–Crippen MR) is 118 cm³/mol. The zero-order valence-corrected chi connectivity index (χ0v) is 18.3. The van der Waals surface area contributed by atoms with Crippen LogP contribution in [-0.4, -0.2) is 53.6 Å². The third-order valence-corrected chi connectivity index (χ3v) is 6.01. The number of rotatable bonds is 10. The van der Waals surface area contributed by atoms with Crippen LogP contribution in [0.15, 0.2) is 24.3 Å². The quantitative estimate of drug-likeness (QED) is 0.419. The summed E-state index contributed by atoms with van der Waals surface area (Å²) in [6, 6.07) is 6.36. The third-order valence-electron chi connectivity index (χ3n) is 5.77. The fraction of sp³-hybridized carbons (Fsp3) is 0.619. The van der Waals surface area contributed by atoms with E-state index in [1.54, 1.807) is 6.07 Å². The minimum Gasteiger partial charge on any atom is -0.426 e. The summed E-state index contributed by atoms with van der Waals surface area (Å²) < 4.78 is 0. The number of hydrogen-bond donors (Lipinski definition) is 4. The lowest BCUT2D eigenvalue weighted by atomic mass is 9.75. The van der Waals surface area contributed by atoms with Gasteiger partial charge in [-0.25, -0.2) is 0 Å². The van der Waals surface area contributed by atoms with E-state index in [1.807, 2.05) is 36.9 Å². The zero-order valence-electron chi connectivity index (χ0n) is 17.6. The lowest BCUT2D eigenvalue weighted by Gasteiger charge is -2.42. The molecule has 2 aliphatic rings. The molecule has 1 aliphatic carbocycles. The Kier molecular flexibility index (Phi) is 7.66. The molecule has 3 rings (SSSR count). The van der Waals surface area contributed by atoms with Crippen LogP contribution >= 0.6 is 11.6 Å². The van der Waals surface area contributed by atoms with E-state index in [-0.39, 0.29) is 23.8 Å². The average Bonchev–Trinajstić information content (AvgIpc) is 3.43. The molecule has 9 heteroatoms. The molecule has 0 bridgehead atoms. The van der Waals surface area contributed by atoms with Gasteiger partial charge in [0.25, 0.3) is 0 Å². The second-order valence-electron chi connectivity index (χ2n) is 8.88. The van der Waals surface area contributed by atoms with Crippen molar-refractivity contribution in [3.8, 4) is 0 Å². The van der Waals surface area contributed by atoms with E-state index in [0.29, 0.717) is 30.2 Å². The van der Waals surface area contributed by atoms with Gasteiger partial charge in [-0.15, -0.1) is 0 Å². The molecular weight excluding hydrogens is 405 g/mol. The van der Waals surface area contributed by atoms with Crippen molar-refractivity contribution in [1.82, 2.24) is 10.6 Å². The highest BCUT2D eigenvalue weighted by Crippen LogP contribution is 2.34. The van der Waals surface area contributed by atoms with Gasteiger partial charge in [-0.3, -0.25) is 9.59 Å². The number of amides is 2. The summed E-state index contributed by atoms with van der Waals surface area (Å²) in [6.07, 6.45) is 3.82. The van der Waals surface area contributed by atoms with Gasteiger partial charge in [0, 0.05) is 17.3 Å². The van der Waals surface area contributed by atoms with E-state index < -0.39 is 19.1 Å². The molecule has 0 unspecified atom stereocenters. The molecule has 3 atom stereocenters. The van der Waals surface area contributed by atoms with Crippen molar-refractivity contribution in [3.05, 3.63) is 29.3 Å². The van der Waals surface area contributed by atoms with Crippen molar-refractivity contribution in [3.63, 3.8) is 0 Å². The molecule has 2 fully saturated rings. The Morgan fingerprint density at radius 2 is 1.97 bits per heavy atom. The first kappa shape index (κ1) is 22.9. The van der Waals surface area contributed by atoms with Crippen LogP contribution in [0.4, 0.5) is 5.69 Å². The van der Waals surface area contributed by atoms with Gasteiger partial charge in [-0.1, -0.05) is 44.4 Å². The summed E-state index contributed by atoms with van der Waals surface area (Å²) >= 11 is 6.08. The van der Waals surface area contributed by atoms with Crippen LogP contribution in [0.1, 0.15) is 46.0 Å². The minimum absolute atomic E-state index is 0.188. The topological polar surface area (TPSA) is 102 Å². The first-order valence-electron chi connectivity index (χ1n) is 10.7. The molecule has 0 aromatic heterocycles. The highest BCUT2D eigenvalue weighted by molar-refractivity contribution is 6.43. The molecule has 1 aromatic rings. The summed E-state index contributed by atoms with van der Waals surface area (Å²) in [4.78, 5) is 27.8. The molecule has 164 valence electrons. The summed E-state index contributed by atoms with van der Waals surface area (Å²) in [5, 5.41) is 25.5. The lowest BCUT2D eigenvalue weighted by Crippen LogP contribution is -2.61. The Hall–Kier alpha value is -1.77. The average molecular weight is 436 g/mol. The number of nitrogens with zero attached hydrogens (tertiary/aromatic N) is 1. The Balaban J connectivity index is 1.63. The van der Waals surface area contributed by atoms with E-state index in [0.717, 1.165) is 25.1 Å². The molecule has 4 N–H and O–H groups in total. The summed E-state index contributed by atoms with van der Waals surface area (Å²) in [5.41, 5.74) is 0.887. The van der Waals surface area contributed by atoms with Crippen LogP contribution in [-0.2, 0) is 9.59 Å². The predicted octanol–water partition coefficient (Wildman–Crippen LogP) is 1.75. The minimum atomic E-state index is -1.64. The highest BCUT2D eigenvalue weighted by atomic mass is 35.5. The molecule has 1 heterocycles. The molecule has 1 saturated carbocycles. The standard InChI is InChI=1S/C21H31BClN3O4/c1-13(2)10-19(22(29)30)25-20(27)17(11-14-6-7-14)24-21(28)18-8-9-26(18)16-5-3-4-15(23)12-16/h3-5,12-14,17-19,29-30H,6-11H2,1-2H3,(H,24,28)(H,25,27)/t17-,18-,19+/m0/s1. The Labute approximate surface area is 183 Å². The molecule has 1 aromatic carbocycles. The van der Waals surface area contributed by atoms with Crippen molar-refractivity contribution < 1.29 is 19.6 Å². The van der Waals surface area contributed by atoms with E-state index in [1.165, 1.54) is 0 Å². The van der Waals surface area contributed by atoms with Crippen LogP contribution in [0.5, 0.6) is 0 Å². The highest BCUT2D eigenvalue weighted by Gasteiger charge is 2.38. The van der Waals surface area contributed by atoms with Crippen LogP contribution < -0.4 is 15.5 Å². The van der Waals surface area contributed by atoms with Crippen molar-refractivity contribution in [1.29, 1.82) is 0 Å². The van der Waals surface area contributed by atoms with Gasteiger partial charge in [-0.2, -0.15) is 0 Å². The fourth-order valence-corrected chi connectivity index (χ4v) is 4.04. The Bertz CT molecular complexity index is 760. The van der Waals surface area contributed by atoms with Crippen LogP contribution in [0.25, 0.3) is 0 Å². The molecule has 0 spiro atoms. The van der Waals surface area contributed by atoms with Gasteiger partial charge in [0.1, 0.15) is 12.1 Å². The summed E-state index contributed by atoms with van der Waals surface area (Å²) in [5.74, 6) is -0.693. The van der Waals surface area contributed by atoms with Gasteiger partial charge >= 0.3 is 7.12 Å². The van der Waals surface area contributed by atoms with Crippen molar-refractivity contribution in [2.24, 2.45) is 11.8 Å². The number of hydrogen-bond acceptors (Lipinski definition) is 5. The van der Waals surface area contributed by atoms with Crippen molar-refractivity contribution >= 4 is 36.2 Å². The zero-order chi connectivity index (χ0) is 21.8. The smallest absolute Gasteiger partial charge is 0.426 e. The van der Waals surface area contributed by atoms with Gasteiger partial charge in [0.2, 0.25) is 11.8 Å². The fourth-order valence-electron chi connectivity index (χ4n) is 3.86. The molecule has 0 radical (unpaired) electrons. The number of nitrogens with one attached hydrogen (secondary N) is 2. The molecule has 7 nitrogen and oxygen atoms in total. The van der Waals surface area contributed by atoms with Gasteiger partial charge in [-0.05, 0) is 49.3 Å². The third kappa shape index (κ3) is 6.12. The van der Waals surface area contributed by atoms with Gasteiger partial charge < -0.3 is 25.6 Å². The normalized spacial score (nSPS) is 20.3. The molecule has 30 heavy (non-hydrogen) atoms. The van der Waals surface area contributed by atoms with Crippen LogP contribution in [0.3, 0.4) is 0 Å². The van der Waals surface area contributed by atoms with Gasteiger partial charge in [0.15, 0.2) is 0 Å². The maximum Gasteiger partial charge on any atom is 0.475 e. The van der Waals surface area contributed by atoms with Crippen molar-refractivity contribution in [2.75, 3.05) is 11.4 Å². The Morgan fingerprint density at radius 1 is 1.23 bits per heavy atom. The first-order chi connectivity index (χ1) is 14.2. The van der Waals surface area contributed by atoms with E-state index in [4.69, 9.17) is 11.6 Å². The monoisotopic (exact) mass is 435 g/mol. The second kappa shape index (κ2) is 10.0. The molecule has 1 saturated heterocycles. The number of anilines is 1. The summed E-state index contributed by atoms with van der Waals surface area (Å²) in [7, 11) is -1.64. The van der Waals surface area contributed by atoms with E-state index in [9.17, 15) is 19.6 Å². The second-order valence-corrected chi connectivity index (χ2v) is 9.31. The molecule has 1 aliphatic heterocycles. The first-order valence-corrected chi connectivity index (χ1v) is 11.1. The number of benzene rings is 1.